The Morgan fingerprint density at radius 2 is 1.86 bits per heavy atom. The summed E-state index contributed by atoms with van der Waals surface area (Å²) in [6.45, 7) is 0. The van der Waals surface area contributed by atoms with E-state index in [4.69, 9.17) is 9.47 Å². The van der Waals surface area contributed by atoms with Gasteiger partial charge in [-0.05, 0) is 47.3 Å². The van der Waals surface area contributed by atoms with Crippen molar-refractivity contribution in [1.82, 2.24) is 4.90 Å². The van der Waals surface area contributed by atoms with E-state index < -0.39 is 5.54 Å². The lowest BCUT2D eigenvalue weighted by atomic mass is 9.76. The zero-order valence-corrected chi connectivity index (χ0v) is 13.9. The Labute approximate surface area is 132 Å². The smallest absolute Gasteiger partial charge is 0.255 e. The fourth-order valence-corrected chi connectivity index (χ4v) is 2.97. The van der Waals surface area contributed by atoms with Gasteiger partial charge >= 0.3 is 0 Å². The zero-order valence-electron chi connectivity index (χ0n) is 12.3. The van der Waals surface area contributed by atoms with Gasteiger partial charge < -0.3 is 14.4 Å². The summed E-state index contributed by atoms with van der Waals surface area (Å²) in [5.41, 5.74) is -0.235. The summed E-state index contributed by atoms with van der Waals surface area (Å²) in [6, 6.07) is 5.56. The van der Waals surface area contributed by atoms with Crippen molar-refractivity contribution >= 4 is 21.8 Å². The summed E-state index contributed by atoms with van der Waals surface area (Å²) in [5, 5.41) is 9.35. The first-order valence-electron chi connectivity index (χ1n) is 6.60. The average molecular weight is 353 g/mol. The normalized spacial score (nSPS) is 15.6. The molecular weight excluding hydrogens is 336 g/mol. The van der Waals surface area contributed by atoms with Crippen LogP contribution < -0.4 is 9.47 Å². The highest BCUT2D eigenvalue weighted by atomic mass is 79.9. The molecule has 6 heteroatoms. The van der Waals surface area contributed by atoms with Crippen molar-refractivity contribution in [1.29, 1.82) is 5.26 Å². The summed E-state index contributed by atoms with van der Waals surface area (Å²) in [5.74, 6) is 0.830. The molecule has 0 saturated heterocycles. The lowest BCUT2D eigenvalue weighted by Crippen LogP contribution is -2.53. The van der Waals surface area contributed by atoms with Gasteiger partial charge in [-0.1, -0.05) is 0 Å². The highest BCUT2D eigenvalue weighted by Gasteiger charge is 2.43. The molecule has 1 amide bonds. The molecule has 0 N–H and O–H groups in total. The summed E-state index contributed by atoms with van der Waals surface area (Å²) >= 11 is 3.37. The first kappa shape index (κ1) is 15.6. The molecule has 1 aromatic rings. The second kappa shape index (κ2) is 5.94. The standard InChI is InChI=1S/C15H17BrN2O3/c1-18(15(9-17)5-4-6-15)14(19)10-7-11(20-2)13(16)12(8-10)21-3/h7-8H,4-6H2,1-3H3. The molecule has 1 aromatic carbocycles. The maximum absolute atomic E-state index is 12.6. The number of methoxy groups -OCH3 is 2. The molecule has 1 aliphatic rings. The molecule has 0 heterocycles. The van der Waals surface area contributed by atoms with Crippen molar-refractivity contribution in [3.63, 3.8) is 0 Å². The third-order valence-electron chi connectivity index (χ3n) is 4.03. The number of benzene rings is 1. The third kappa shape index (κ3) is 2.58. The van der Waals surface area contributed by atoms with Crippen molar-refractivity contribution in [2.24, 2.45) is 0 Å². The van der Waals surface area contributed by atoms with E-state index in [2.05, 4.69) is 22.0 Å². The van der Waals surface area contributed by atoms with Gasteiger partial charge in [0, 0.05) is 12.6 Å². The molecule has 0 atom stereocenters. The maximum atomic E-state index is 12.6. The topological polar surface area (TPSA) is 62.6 Å². The number of halogens is 1. The van der Waals surface area contributed by atoms with Crippen LogP contribution in [0, 0.1) is 11.3 Å². The number of rotatable bonds is 4. The van der Waals surface area contributed by atoms with E-state index >= 15 is 0 Å². The number of nitriles is 1. The zero-order chi connectivity index (χ0) is 15.6. The molecule has 1 fully saturated rings. The van der Waals surface area contributed by atoms with Gasteiger partial charge in [-0.3, -0.25) is 4.79 Å². The van der Waals surface area contributed by atoms with Gasteiger partial charge in [-0.2, -0.15) is 5.26 Å². The number of hydrogen-bond donors (Lipinski definition) is 0. The van der Waals surface area contributed by atoms with Gasteiger partial charge in [0.1, 0.15) is 21.5 Å². The molecule has 0 aromatic heterocycles. The first-order chi connectivity index (χ1) is 9.99. The third-order valence-corrected chi connectivity index (χ3v) is 4.81. The van der Waals surface area contributed by atoms with Gasteiger partial charge in [0.25, 0.3) is 5.91 Å². The first-order valence-corrected chi connectivity index (χ1v) is 7.39. The van der Waals surface area contributed by atoms with Crippen molar-refractivity contribution in [3.8, 4) is 17.6 Å². The van der Waals surface area contributed by atoms with Crippen LogP contribution in [-0.2, 0) is 0 Å². The monoisotopic (exact) mass is 352 g/mol. The van der Waals surface area contributed by atoms with E-state index in [0.29, 0.717) is 21.5 Å². The Kier molecular flexibility index (Phi) is 4.43. The molecule has 0 radical (unpaired) electrons. The quantitative estimate of drug-likeness (QED) is 0.835. The van der Waals surface area contributed by atoms with Crippen molar-refractivity contribution in [2.45, 2.75) is 24.8 Å². The van der Waals surface area contributed by atoms with Gasteiger partial charge in [0.05, 0.1) is 20.3 Å². The maximum Gasteiger partial charge on any atom is 0.255 e. The van der Waals surface area contributed by atoms with Crippen LogP contribution in [0.3, 0.4) is 0 Å². The van der Waals surface area contributed by atoms with E-state index in [0.717, 1.165) is 19.3 Å². The fraction of sp³-hybridized carbons (Fsp3) is 0.467. The Bertz CT molecular complexity index is 580. The van der Waals surface area contributed by atoms with E-state index in [9.17, 15) is 10.1 Å². The van der Waals surface area contributed by atoms with Crippen LogP contribution in [0.5, 0.6) is 11.5 Å². The minimum Gasteiger partial charge on any atom is -0.495 e. The van der Waals surface area contributed by atoms with Crippen LogP contribution in [0.1, 0.15) is 29.6 Å². The number of amides is 1. The highest BCUT2D eigenvalue weighted by molar-refractivity contribution is 9.10. The number of ether oxygens (including phenoxy) is 2. The molecule has 0 unspecified atom stereocenters. The largest absolute Gasteiger partial charge is 0.495 e. The van der Waals surface area contributed by atoms with Gasteiger partial charge in [-0.25, -0.2) is 0 Å². The second-order valence-electron chi connectivity index (χ2n) is 5.06. The minimum atomic E-state index is -0.676. The molecule has 0 spiro atoms. The molecule has 0 aliphatic heterocycles. The molecule has 112 valence electrons. The molecule has 0 bridgehead atoms. The number of carbonyl (C=O) groups is 1. The predicted octanol–water partition coefficient (Wildman–Crippen LogP) is 2.98. The van der Waals surface area contributed by atoms with Crippen molar-refractivity contribution in [3.05, 3.63) is 22.2 Å². The van der Waals surface area contributed by atoms with E-state index in [1.165, 1.54) is 19.1 Å². The molecular formula is C15H17BrN2O3. The molecule has 21 heavy (non-hydrogen) atoms. The molecule has 5 nitrogen and oxygen atoms in total. The molecule has 1 saturated carbocycles. The van der Waals surface area contributed by atoms with Gasteiger partial charge in [0.15, 0.2) is 0 Å². The summed E-state index contributed by atoms with van der Waals surface area (Å²) in [4.78, 5) is 14.2. The van der Waals surface area contributed by atoms with Crippen molar-refractivity contribution < 1.29 is 14.3 Å². The Hall–Kier alpha value is -1.74. The minimum absolute atomic E-state index is 0.208. The number of hydrogen-bond acceptors (Lipinski definition) is 4. The Morgan fingerprint density at radius 1 is 1.33 bits per heavy atom. The lowest BCUT2D eigenvalue weighted by molar-refractivity contribution is 0.0497. The van der Waals surface area contributed by atoms with Crippen LogP contribution in [0.25, 0.3) is 0 Å². The summed E-state index contributed by atoms with van der Waals surface area (Å²) < 4.78 is 11.2. The number of carbonyl (C=O) groups excluding carboxylic acids is 1. The van der Waals surface area contributed by atoms with Gasteiger partial charge in [-0.15, -0.1) is 0 Å². The summed E-state index contributed by atoms with van der Waals surface area (Å²) in [7, 11) is 4.73. The van der Waals surface area contributed by atoms with E-state index in [1.807, 2.05) is 0 Å². The molecule has 1 aliphatic carbocycles. The predicted molar refractivity (Wildman–Crippen MR) is 81.5 cm³/mol. The summed E-state index contributed by atoms with van der Waals surface area (Å²) in [6.07, 6.45) is 2.41. The Morgan fingerprint density at radius 3 is 2.19 bits per heavy atom. The van der Waals surface area contributed by atoms with Gasteiger partial charge in [0.2, 0.25) is 0 Å². The van der Waals surface area contributed by atoms with E-state index in [1.54, 1.807) is 19.2 Å². The number of nitrogens with zero attached hydrogens (tertiary/aromatic N) is 2. The van der Waals surface area contributed by atoms with Crippen LogP contribution in [0.4, 0.5) is 0 Å². The Balaban J connectivity index is 2.37. The fourth-order valence-electron chi connectivity index (χ4n) is 2.41. The van der Waals surface area contributed by atoms with Crippen LogP contribution in [-0.4, -0.2) is 37.6 Å². The average Bonchev–Trinajstić information content (AvgIpc) is 2.46. The van der Waals surface area contributed by atoms with Crippen molar-refractivity contribution in [2.75, 3.05) is 21.3 Å². The SMILES string of the molecule is COc1cc(C(=O)N(C)C2(C#N)CCC2)cc(OC)c1Br. The van der Waals surface area contributed by atoms with Crippen LogP contribution >= 0.6 is 15.9 Å². The second-order valence-corrected chi connectivity index (χ2v) is 5.85. The van der Waals surface area contributed by atoms with E-state index in [-0.39, 0.29) is 5.91 Å². The molecule has 2 rings (SSSR count). The van der Waals surface area contributed by atoms with Crippen LogP contribution in [0.15, 0.2) is 16.6 Å². The lowest BCUT2D eigenvalue weighted by Gasteiger charge is -2.43. The highest BCUT2D eigenvalue weighted by Crippen LogP contribution is 2.39. The van der Waals surface area contributed by atoms with Crippen LogP contribution in [0.2, 0.25) is 0 Å².